The van der Waals surface area contributed by atoms with Crippen LogP contribution in [0.4, 0.5) is 0 Å². The summed E-state index contributed by atoms with van der Waals surface area (Å²) in [6.45, 7) is 0. The molecule has 0 aromatic carbocycles. The molecular weight excluding hydrogens is 228 g/mol. The number of hydrogen-bond donors (Lipinski definition) is 4. The molecule has 0 aliphatic rings. The van der Waals surface area contributed by atoms with Crippen LogP contribution in [0.2, 0.25) is 0 Å². The Bertz CT molecular complexity index is 222. The van der Waals surface area contributed by atoms with Gasteiger partial charge in [0.2, 0.25) is 0 Å². The molecule has 6 nitrogen and oxygen atoms in total. The summed E-state index contributed by atoms with van der Waals surface area (Å²) < 4.78 is 0. The molecule has 0 aromatic heterocycles. The van der Waals surface area contributed by atoms with Gasteiger partial charge in [-0.25, -0.2) is 0 Å². The second-order valence-corrected chi connectivity index (χ2v) is 5.35. The number of carboxylic acid groups (broad SMARTS) is 2. The van der Waals surface area contributed by atoms with Crippen molar-refractivity contribution >= 4 is 33.5 Å². The molecule has 0 bridgehead atoms. The van der Waals surface area contributed by atoms with Crippen molar-refractivity contribution in [2.45, 2.75) is 17.8 Å². The van der Waals surface area contributed by atoms with Crippen LogP contribution < -0.4 is 11.5 Å². The Labute approximate surface area is 88.8 Å². The normalized spacial score (nSPS) is 11.3. The van der Waals surface area contributed by atoms with Gasteiger partial charge < -0.3 is 21.7 Å². The second-order valence-electron chi connectivity index (χ2n) is 2.57. The van der Waals surface area contributed by atoms with Gasteiger partial charge in [-0.1, -0.05) is 21.6 Å². The van der Waals surface area contributed by atoms with E-state index in [-0.39, 0.29) is 12.8 Å². The van der Waals surface area contributed by atoms with Crippen molar-refractivity contribution < 1.29 is 19.8 Å². The zero-order valence-electron chi connectivity index (χ0n) is 7.30. The van der Waals surface area contributed by atoms with Crippen molar-refractivity contribution in [3.8, 4) is 0 Å². The van der Waals surface area contributed by atoms with E-state index in [1.165, 1.54) is 0 Å². The first-order chi connectivity index (χ1) is 6.33. The molecule has 0 aromatic rings. The average molecular weight is 240 g/mol. The van der Waals surface area contributed by atoms with Gasteiger partial charge in [0.05, 0.1) is 12.8 Å². The fourth-order valence-corrected chi connectivity index (χ4v) is 2.62. The van der Waals surface area contributed by atoms with Gasteiger partial charge in [0.1, 0.15) is 4.99 Å². The van der Waals surface area contributed by atoms with Crippen molar-refractivity contribution in [1.29, 1.82) is 0 Å². The lowest BCUT2D eigenvalue weighted by molar-refractivity contribution is -0.138. The Kier molecular flexibility index (Phi) is 5.93. The lowest BCUT2D eigenvalue weighted by Gasteiger charge is -2.20. The van der Waals surface area contributed by atoms with E-state index in [2.05, 4.69) is 0 Å². The number of nitrogens with two attached hydrogens (primary N) is 2. The fraction of sp³-hybridized carbons (Fsp3) is 0.667. The Morgan fingerprint density at radius 1 is 1.21 bits per heavy atom. The molecule has 0 saturated heterocycles. The maximum Gasteiger partial charge on any atom is 0.307 e. The fourth-order valence-electron chi connectivity index (χ4n) is 0.546. The molecule has 0 radical (unpaired) electrons. The topological polar surface area (TPSA) is 127 Å². The van der Waals surface area contributed by atoms with Gasteiger partial charge in [-0.15, -0.1) is 0 Å². The minimum absolute atomic E-state index is 0.000812. The van der Waals surface area contributed by atoms with Gasteiger partial charge in [-0.3, -0.25) is 9.59 Å². The molecule has 82 valence electrons. The van der Waals surface area contributed by atoms with E-state index in [4.69, 9.17) is 21.7 Å². The number of aliphatic carboxylic acids is 2. The predicted molar refractivity (Wildman–Crippen MR) is 55.7 cm³/mol. The highest BCUT2D eigenvalue weighted by atomic mass is 33.1. The monoisotopic (exact) mass is 240 g/mol. The zero-order valence-corrected chi connectivity index (χ0v) is 8.94. The summed E-state index contributed by atoms with van der Waals surface area (Å²) in [5.74, 6) is -1.65. The van der Waals surface area contributed by atoms with E-state index in [1.54, 1.807) is 0 Å². The Morgan fingerprint density at radius 2 is 1.79 bits per heavy atom. The van der Waals surface area contributed by atoms with Crippen molar-refractivity contribution in [3.05, 3.63) is 0 Å². The lowest BCUT2D eigenvalue weighted by Crippen LogP contribution is -2.47. The Hall–Kier alpha value is -0.440. The summed E-state index contributed by atoms with van der Waals surface area (Å²) in [6, 6.07) is 0. The first kappa shape index (κ1) is 13.6. The second kappa shape index (κ2) is 6.12. The molecule has 0 fully saturated rings. The summed E-state index contributed by atoms with van der Waals surface area (Å²) in [5, 5.41) is 16.7. The van der Waals surface area contributed by atoms with Crippen LogP contribution in [0.25, 0.3) is 0 Å². The highest BCUT2D eigenvalue weighted by Gasteiger charge is 2.24. The van der Waals surface area contributed by atoms with Crippen LogP contribution in [0.5, 0.6) is 0 Å². The molecule has 0 amide bonds. The van der Waals surface area contributed by atoms with Crippen molar-refractivity contribution in [1.82, 2.24) is 0 Å². The van der Waals surface area contributed by atoms with Crippen LogP contribution in [-0.4, -0.2) is 32.9 Å². The SMILES string of the molecule is NC(N)(CC(=O)O)SSCCC(=O)O. The largest absolute Gasteiger partial charge is 0.481 e. The molecule has 0 aliphatic heterocycles. The third kappa shape index (κ3) is 8.17. The first-order valence-electron chi connectivity index (χ1n) is 3.65. The van der Waals surface area contributed by atoms with Crippen LogP contribution in [0.3, 0.4) is 0 Å². The van der Waals surface area contributed by atoms with Gasteiger partial charge in [-0.2, -0.15) is 0 Å². The van der Waals surface area contributed by atoms with Gasteiger partial charge in [0, 0.05) is 5.75 Å². The van der Waals surface area contributed by atoms with Crippen molar-refractivity contribution in [3.63, 3.8) is 0 Å². The maximum atomic E-state index is 10.3. The molecule has 0 spiro atoms. The Morgan fingerprint density at radius 3 is 2.21 bits per heavy atom. The molecule has 0 saturated carbocycles. The summed E-state index contributed by atoms with van der Waals surface area (Å²) in [7, 11) is 2.13. The summed E-state index contributed by atoms with van der Waals surface area (Å²) in [5.41, 5.74) is 10.9. The molecule has 0 rings (SSSR count). The summed E-state index contributed by atoms with van der Waals surface area (Å²) in [6.07, 6.45) is -0.363. The van der Waals surface area contributed by atoms with Crippen LogP contribution >= 0.6 is 21.6 Å². The van der Waals surface area contributed by atoms with Crippen LogP contribution in [0.15, 0.2) is 0 Å². The molecule has 0 unspecified atom stereocenters. The Balaban J connectivity index is 3.65. The molecule has 0 heterocycles. The molecule has 0 aliphatic carbocycles. The van der Waals surface area contributed by atoms with Gasteiger partial charge in [0.25, 0.3) is 0 Å². The molecule has 8 heteroatoms. The van der Waals surface area contributed by atoms with Crippen LogP contribution in [-0.2, 0) is 9.59 Å². The lowest BCUT2D eigenvalue weighted by atomic mass is 10.4. The van der Waals surface area contributed by atoms with E-state index < -0.39 is 16.9 Å². The predicted octanol–water partition coefficient (Wildman–Crippen LogP) is -0.112. The maximum absolute atomic E-state index is 10.3. The van der Waals surface area contributed by atoms with E-state index in [1.807, 2.05) is 0 Å². The van der Waals surface area contributed by atoms with Crippen molar-refractivity contribution in [2.75, 3.05) is 5.75 Å². The van der Waals surface area contributed by atoms with Gasteiger partial charge in [0.15, 0.2) is 0 Å². The van der Waals surface area contributed by atoms with Gasteiger partial charge >= 0.3 is 11.9 Å². The molecule has 14 heavy (non-hydrogen) atoms. The molecular formula is C6H12N2O4S2. The minimum Gasteiger partial charge on any atom is -0.481 e. The highest BCUT2D eigenvalue weighted by molar-refractivity contribution is 8.77. The van der Waals surface area contributed by atoms with Crippen LogP contribution in [0.1, 0.15) is 12.8 Å². The third-order valence-electron chi connectivity index (χ3n) is 1.04. The van der Waals surface area contributed by atoms with Gasteiger partial charge in [-0.05, 0) is 0 Å². The van der Waals surface area contributed by atoms with E-state index in [0.29, 0.717) is 5.75 Å². The number of carbonyl (C=O) groups is 2. The van der Waals surface area contributed by atoms with E-state index in [0.717, 1.165) is 21.6 Å². The number of carboxylic acids is 2. The van der Waals surface area contributed by atoms with Crippen LogP contribution in [0, 0.1) is 0 Å². The number of rotatable bonds is 7. The van der Waals surface area contributed by atoms with E-state index >= 15 is 0 Å². The minimum atomic E-state index is -1.35. The standard InChI is InChI=1S/C6H12N2O4S2/c7-6(8,3-5(11)12)14-13-2-1-4(9)10/h1-3,7-8H2,(H,9,10)(H,11,12). The summed E-state index contributed by atoms with van der Waals surface area (Å²) in [4.78, 5) is 19.0. The smallest absolute Gasteiger partial charge is 0.307 e. The third-order valence-corrected chi connectivity index (χ3v) is 3.77. The molecule has 6 N–H and O–H groups in total. The highest BCUT2D eigenvalue weighted by Crippen LogP contribution is 2.31. The van der Waals surface area contributed by atoms with E-state index in [9.17, 15) is 9.59 Å². The zero-order chi connectivity index (χ0) is 11.2. The summed E-state index contributed by atoms with van der Waals surface area (Å²) >= 11 is 0. The molecule has 0 atom stereocenters. The van der Waals surface area contributed by atoms with Crippen molar-refractivity contribution in [2.24, 2.45) is 11.5 Å². The number of hydrogen-bond acceptors (Lipinski definition) is 6. The average Bonchev–Trinajstić information content (AvgIpc) is 1.95. The quantitative estimate of drug-likeness (QED) is 0.276. The first-order valence-corrected chi connectivity index (χ1v) is 5.97.